The monoisotopic (exact) mass is 320 g/mol. The molecule has 1 atom stereocenters. The Balaban J connectivity index is 1.85. The van der Waals surface area contributed by atoms with Crippen LogP contribution in [0, 0.1) is 0 Å². The highest BCUT2D eigenvalue weighted by atomic mass is 16.5. The van der Waals surface area contributed by atoms with E-state index in [4.69, 9.17) is 14.2 Å². The van der Waals surface area contributed by atoms with Crippen molar-refractivity contribution in [3.8, 4) is 11.5 Å². The summed E-state index contributed by atoms with van der Waals surface area (Å²) in [6.45, 7) is 2.52. The van der Waals surface area contributed by atoms with E-state index in [0.29, 0.717) is 43.5 Å². The second-order valence-corrected chi connectivity index (χ2v) is 5.47. The molecule has 1 aromatic carbocycles. The van der Waals surface area contributed by atoms with Crippen molar-refractivity contribution in [3.05, 3.63) is 18.2 Å². The minimum atomic E-state index is -0.403. The number of hydrogen-bond donors (Lipinski definition) is 0. The van der Waals surface area contributed by atoms with Gasteiger partial charge in [-0.3, -0.25) is 14.5 Å². The van der Waals surface area contributed by atoms with Crippen LogP contribution in [0.4, 0.5) is 5.69 Å². The predicted octanol–water partition coefficient (Wildman–Crippen LogP) is 0.668. The van der Waals surface area contributed by atoms with Gasteiger partial charge >= 0.3 is 0 Å². The van der Waals surface area contributed by atoms with Crippen LogP contribution in [0.3, 0.4) is 0 Å². The second kappa shape index (κ2) is 6.55. The lowest BCUT2D eigenvalue weighted by molar-refractivity contribution is -0.123. The fraction of sp³-hybridized carbons (Fsp3) is 0.500. The van der Waals surface area contributed by atoms with Crippen molar-refractivity contribution < 1.29 is 23.8 Å². The van der Waals surface area contributed by atoms with Gasteiger partial charge in [-0.1, -0.05) is 0 Å². The maximum Gasteiger partial charge on any atom is 0.251 e. The Morgan fingerprint density at radius 3 is 2.43 bits per heavy atom. The molecule has 0 bridgehead atoms. The molecule has 0 aromatic heterocycles. The summed E-state index contributed by atoms with van der Waals surface area (Å²) in [6, 6.07) is 4.63. The molecule has 3 rings (SSSR count). The van der Waals surface area contributed by atoms with Gasteiger partial charge in [0.15, 0.2) is 11.5 Å². The Bertz CT molecular complexity index is 612. The summed E-state index contributed by atoms with van der Waals surface area (Å²) < 4.78 is 15.7. The largest absolute Gasteiger partial charge is 0.493 e. The SMILES string of the molecule is COc1ccc(N2C(=O)C[C@@H](N3CCOCC3)C2=O)cc1OC. The Morgan fingerprint density at radius 1 is 1.09 bits per heavy atom. The molecule has 2 aliphatic rings. The first-order valence-corrected chi connectivity index (χ1v) is 7.56. The number of benzene rings is 1. The molecule has 1 aromatic rings. The first-order chi connectivity index (χ1) is 11.2. The van der Waals surface area contributed by atoms with Crippen LogP contribution in [0.25, 0.3) is 0 Å². The fourth-order valence-corrected chi connectivity index (χ4v) is 3.03. The lowest BCUT2D eigenvalue weighted by atomic mass is 10.2. The van der Waals surface area contributed by atoms with Crippen LogP contribution in [0.5, 0.6) is 11.5 Å². The van der Waals surface area contributed by atoms with E-state index in [0.717, 1.165) is 0 Å². The Morgan fingerprint density at radius 2 is 1.78 bits per heavy atom. The molecule has 124 valence electrons. The average molecular weight is 320 g/mol. The van der Waals surface area contributed by atoms with Crippen molar-refractivity contribution in [2.45, 2.75) is 12.5 Å². The first kappa shape index (κ1) is 15.8. The first-order valence-electron chi connectivity index (χ1n) is 7.56. The average Bonchev–Trinajstić information content (AvgIpc) is 2.89. The van der Waals surface area contributed by atoms with Gasteiger partial charge < -0.3 is 14.2 Å². The number of hydrogen-bond acceptors (Lipinski definition) is 6. The number of anilines is 1. The van der Waals surface area contributed by atoms with Gasteiger partial charge in [0, 0.05) is 19.2 Å². The third-order valence-corrected chi connectivity index (χ3v) is 4.23. The molecule has 0 N–H and O–H groups in total. The molecular weight excluding hydrogens is 300 g/mol. The van der Waals surface area contributed by atoms with E-state index in [2.05, 4.69) is 0 Å². The number of methoxy groups -OCH3 is 2. The molecule has 0 unspecified atom stereocenters. The summed E-state index contributed by atoms with van der Waals surface area (Å²) in [5, 5.41) is 0. The van der Waals surface area contributed by atoms with Crippen molar-refractivity contribution >= 4 is 17.5 Å². The van der Waals surface area contributed by atoms with Gasteiger partial charge in [0.25, 0.3) is 5.91 Å². The zero-order chi connectivity index (χ0) is 16.4. The molecule has 2 aliphatic heterocycles. The van der Waals surface area contributed by atoms with E-state index in [9.17, 15) is 9.59 Å². The Hall–Kier alpha value is -2.12. The van der Waals surface area contributed by atoms with Crippen molar-refractivity contribution in [1.29, 1.82) is 0 Å². The van der Waals surface area contributed by atoms with Crippen LogP contribution in [0.1, 0.15) is 6.42 Å². The third kappa shape index (κ3) is 2.89. The van der Waals surface area contributed by atoms with Crippen LogP contribution in [-0.2, 0) is 14.3 Å². The predicted molar refractivity (Wildman–Crippen MR) is 82.8 cm³/mol. The Labute approximate surface area is 134 Å². The van der Waals surface area contributed by atoms with Gasteiger partial charge in [0.1, 0.15) is 0 Å². The van der Waals surface area contributed by atoms with E-state index in [1.54, 1.807) is 18.2 Å². The van der Waals surface area contributed by atoms with Gasteiger partial charge in [0.05, 0.1) is 45.6 Å². The van der Waals surface area contributed by atoms with Crippen LogP contribution < -0.4 is 14.4 Å². The highest BCUT2D eigenvalue weighted by molar-refractivity contribution is 6.22. The number of carbonyl (C=O) groups excluding carboxylic acids is 2. The maximum absolute atomic E-state index is 12.7. The van der Waals surface area contributed by atoms with Crippen molar-refractivity contribution in [3.63, 3.8) is 0 Å². The molecule has 0 saturated carbocycles. The highest BCUT2D eigenvalue weighted by Gasteiger charge is 2.43. The number of ether oxygens (including phenoxy) is 3. The van der Waals surface area contributed by atoms with Gasteiger partial charge in [-0.2, -0.15) is 0 Å². The summed E-state index contributed by atoms with van der Waals surface area (Å²) in [5.41, 5.74) is 0.508. The third-order valence-electron chi connectivity index (χ3n) is 4.23. The van der Waals surface area contributed by atoms with E-state index >= 15 is 0 Å². The zero-order valence-electron chi connectivity index (χ0n) is 13.3. The smallest absolute Gasteiger partial charge is 0.251 e. The zero-order valence-corrected chi connectivity index (χ0v) is 13.3. The summed E-state index contributed by atoms with van der Waals surface area (Å²) in [4.78, 5) is 28.3. The van der Waals surface area contributed by atoms with E-state index in [1.807, 2.05) is 4.90 Å². The maximum atomic E-state index is 12.7. The highest BCUT2D eigenvalue weighted by Crippen LogP contribution is 2.34. The molecule has 2 heterocycles. The van der Waals surface area contributed by atoms with Crippen molar-refractivity contribution in [2.75, 3.05) is 45.4 Å². The molecule has 7 nitrogen and oxygen atoms in total. The molecule has 0 spiro atoms. The number of nitrogens with zero attached hydrogens (tertiary/aromatic N) is 2. The number of amides is 2. The standard InChI is InChI=1S/C16H20N2O5/c1-21-13-4-3-11(9-14(13)22-2)18-15(19)10-12(16(18)20)17-5-7-23-8-6-17/h3-4,9,12H,5-8,10H2,1-2H3/t12-/m1/s1. The molecule has 23 heavy (non-hydrogen) atoms. The summed E-state index contributed by atoms with van der Waals surface area (Å²) >= 11 is 0. The van der Waals surface area contributed by atoms with Gasteiger partial charge in [-0.15, -0.1) is 0 Å². The van der Waals surface area contributed by atoms with Crippen LogP contribution in [-0.4, -0.2) is 63.3 Å². The number of morpholine rings is 1. The van der Waals surface area contributed by atoms with E-state index in [-0.39, 0.29) is 18.2 Å². The van der Waals surface area contributed by atoms with Gasteiger partial charge in [0.2, 0.25) is 5.91 Å². The molecule has 2 saturated heterocycles. The van der Waals surface area contributed by atoms with Crippen molar-refractivity contribution in [2.24, 2.45) is 0 Å². The number of rotatable bonds is 4. The number of carbonyl (C=O) groups is 2. The lowest BCUT2D eigenvalue weighted by Crippen LogP contribution is -2.47. The number of imide groups is 1. The lowest BCUT2D eigenvalue weighted by Gasteiger charge is -2.30. The molecule has 2 amide bonds. The summed E-state index contributed by atoms with van der Waals surface area (Å²) in [6.07, 6.45) is 0.202. The topological polar surface area (TPSA) is 68.3 Å². The molecule has 0 radical (unpaired) electrons. The van der Waals surface area contributed by atoms with E-state index in [1.165, 1.54) is 19.1 Å². The molecule has 7 heteroatoms. The van der Waals surface area contributed by atoms with Crippen molar-refractivity contribution in [1.82, 2.24) is 4.90 Å². The van der Waals surface area contributed by atoms with Gasteiger partial charge in [-0.05, 0) is 12.1 Å². The molecule has 0 aliphatic carbocycles. The van der Waals surface area contributed by atoms with Crippen LogP contribution in [0.15, 0.2) is 18.2 Å². The molecule has 2 fully saturated rings. The fourth-order valence-electron chi connectivity index (χ4n) is 3.03. The minimum Gasteiger partial charge on any atom is -0.493 e. The second-order valence-electron chi connectivity index (χ2n) is 5.47. The normalized spacial score (nSPS) is 22.5. The summed E-state index contributed by atoms with van der Waals surface area (Å²) in [7, 11) is 3.06. The van der Waals surface area contributed by atoms with Gasteiger partial charge in [-0.25, -0.2) is 4.90 Å². The minimum absolute atomic E-state index is 0.191. The van der Waals surface area contributed by atoms with Crippen LogP contribution >= 0.6 is 0 Å². The Kier molecular flexibility index (Phi) is 4.49. The quantitative estimate of drug-likeness (QED) is 0.760. The van der Waals surface area contributed by atoms with E-state index < -0.39 is 6.04 Å². The summed E-state index contributed by atoms with van der Waals surface area (Å²) in [5.74, 6) is 0.656. The molecular formula is C16H20N2O5. The van der Waals surface area contributed by atoms with Crippen LogP contribution in [0.2, 0.25) is 0 Å².